The predicted molar refractivity (Wildman–Crippen MR) is 106 cm³/mol. The van der Waals surface area contributed by atoms with Gasteiger partial charge in [0.05, 0.1) is 12.2 Å². The normalized spacial score (nSPS) is 19.3. The van der Waals surface area contributed by atoms with E-state index in [0.29, 0.717) is 30.3 Å². The van der Waals surface area contributed by atoms with Gasteiger partial charge in [0, 0.05) is 37.6 Å². The molecule has 2 aliphatic heterocycles. The monoisotopic (exact) mass is 415 g/mol. The van der Waals surface area contributed by atoms with Crippen LogP contribution >= 0.6 is 11.3 Å². The molecule has 0 unspecified atom stereocenters. The van der Waals surface area contributed by atoms with Crippen LogP contribution in [0.4, 0.5) is 4.79 Å². The second-order valence-electron chi connectivity index (χ2n) is 7.06. The summed E-state index contributed by atoms with van der Waals surface area (Å²) in [6.07, 6.45) is 3.57. The molecule has 27 heavy (non-hydrogen) atoms. The first-order chi connectivity index (χ1) is 12.9. The number of hydrogen-bond acceptors (Lipinski definition) is 5. The highest BCUT2D eigenvalue weighted by Crippen LogP contribution is 2.36. The van der Waals surface area contributed by atoms with Crippen LogP contribution < -0.4 is 5.32 Å². The first kappa shape index (κ1) is 20.6. The van der Waals surface area contributed by atoms with Gasteiger partial charge >= 0.3 is 6.03 Å². The number of amides is 2. The van der Waals surface area contributed by atoms with Crippen LogP contribution in [0.15, 0.2) is 16.3 Å². The predicted octanol–water partition coefficient (Wildman–Crippen LogP) is 2.29. The lowest BCUT2D eigenvalue weighted by atomic mass is 9.84. The molecule has 0 saturated carbocycles. The summed E-state index contributed by atoms with van der Waals surface area (Å²) in [7, 11) is -3.40. The number of ether oxygens (including phenoxy) is 1. The van der Waals surface area contributed by atoms with Crippen LogP contribution in [0.2, 0.25) is 0 Å². The number of sulfonamides is 1. The van der Waals surface area contributed by atoms with Crippen molar-refractivity contribution in [3.05, 3.63) is 17.0 Å². The number of carbonyl (C=O) groups excluding carboxylic acids is 1. The van der Waals surface area contributed by atoms with Crippen LogP contribution in [0, 0.1) is 0 Å². The highest BCUT2D eigenvalue weighted by atomic mass is 32.2. The van der Waals surface area contributed by atoms with Gasteiger partial charge in [-0.3, -0.25) is 0 Å². The molecule has 1 aromatic rings. The molecular weight excluding hydrogens is 386 g/mol. The number of likely N-dealkylation sites (tertiary alicyclic amines) is 1. The molecule has 2 amide bonds. The zero-order chi connectivity index (χ0) is 19.5. The Balaban J connectivity index is 1.46. The minimum absolute atomic E-state index is 0.0422. The Hall–Kier alpha value is -1.16. The molecule has 1 aromatic heterocycles. The van der Waals surface area contributed by atoms with Crippen LogP contribution in [0.3, 0.4) is 0 Å². The van der Waals surface area contributed by atoms with Crippen LogP contribution in [-0.4, -0.2) is 68.6 Å². The van der Waals surface area contributed by atoms with Crippen molar-refractivity contribution in [2.75, 3.05) is 39.3 Å². The van der Waals surface area contributed by atoms with E-state index >= 15 is 0 Å². The molecule has 0 aliphatic carbocycles. The fourth-order valence-electron chi connectivity index (χ4n) is 3.63. The lowest BCUT2D eigenvalue weighted by Gasteiger charge is -2.47. The van der Waals surface area contributed by atoms with E-state index in [-0.39, 0.29) is 11.6 Å². The van der Waals surface area contributed by atoms with Gasteiger partial charge in [0.15, 0.2) is 0 Å². The number of thiophene rings is 1. The molecule has 2 fully saturated rings. The van der Waals surface area contributed by atoms with E-state index in [9.17, 15) is 13.2 Å². The highest BCUT2D eigenvalue weighted by Gasteiger charge is 2.41. The molecule has 2 aliphatic rings. The number of nitrogens with zero attached hydrogens (tertiary/aromatic N) is 2. The summed E-state index contributed by atoms with van der Waals surface area (Å²) in [5.74, 6) is 0. The molecule has 0 aromatic carbocycles. The smallest absolute Gasteiger partial charge is 0.317 e. The summed E-state index contributed by atoms with van der Waals surface area (Å²) >= 11 is 1.29. The zero-order valence-electron chi connectivity index (χ0n) is 16.1. The lowest BCUT2D eigenvalue weighted by molar-refractivity contribution is -0.169. The van der Waals surface area contributed by atoms with E-state index in [2.05, 4.69) is 5.32 Å². The molecule has 7 nitrogen and oxygen atoms in total. The van der Waals surface area contributed by atoms with Gasteiger partial charge in [0.25, 0.3) is 10.0 Å². The fraction of sp³-hybridized carbons (Fsp3) is 0.722. The van der Waals surface area contributed by atoms with Gasteiger partial charge in [-0.15, -0.1) is 11.3 Å². The van der Waals surface area contributed by atoms with Crippen molar-refractivity contribution in [2.24, 2.45) is 0 Å². The maximum Gasteiger partial charge on any atom is 0.317 e. The summed E-state index contributed by atoms with van der Waals surface area (Å²) < 4.78 is 32.6. The maximum atomic E-state index is 12.5. The quantitative estimate of drug-likeness (QED) is 0.741. The molecule has 152 valence electrons. The van der Waals surface area contributed by atoms with Crippen molar-refractivity contribution in [3.63, 3.8) is 0 Å². The third-order valence-electron chi connectivity index (χ3n) is 5.51. The molecule has 1 N–H and O–H groups in total. The van der Waals surface area contributed by atoms with Crippen molar-refractivity contribution in [1.29, 1.82) is 0 Å². The Morgan fingerprint density at radius 3 is 2.48 bits per heavy atom. The largest absolute Gasteiger partial charge is 0.375 e. The van der Waals surface area contributed by atoms with Crippen LogP contribution in [0.25, 0.3) is 0 Å². The van der Waals surface area contributed by atoms with Crippen molar-refractivity contribution >= 4 is 27.4 Å². The Labute approximate surface area is 165 Å². The maximum absolute atomic E-state index is 12.5. The van der Waals surface area contributed by atoms with Crippen molar-refractivity contribution < 1.29 is 17.9 Å². The molecular formula is C18H29N3O4S2. The summed E-state index contributed by atoms with van der Waals surface area (Å²) in [4.78, 5) is 15.1. The van der Waals surface area contributed by atoms with Gasteiger partial charge in [-0.05, 0) is 37.8 Å². The number of carbonyl (C=O) groups is 1. The average Bonchev–Trinajstić information content (AvgIpc) is 3.11. The van der Waals surface area contributed by atoms with Gasteiger partial charge in [-0.25, -0.2) is 13.2 Å². The van der Waals surface area contributed by atoms with Crippen LogP contribution in [-0.2, 0) is 21.2 Å². The second kappa shape index (κ2) is 8.46. The number of piperidine rings is 1. The van der Waals surface area contributed by atoms with E-state index < -0.39 is 10.0 Å². The molecule has 0 bridgehead atoms. The summed E-state index contributed by atoms with van der Waals surface area (Å²) in [5, 5.41) is 2.95. The zero-order valence-corrected chi connectivity index (χ0v) is 17.7. The Kier molecular flexibility index (Phi) is 6.45. The third-order valence-corrected chi connectivity index (χ3v) is 9.17. The molecule has 3 rings (SSSR count). The molecule has 2 saturated heterocycles. The highest BCUT2D eigenvalue weighted by molar-refractivity contribution is 7.91. The first-order valence-corrected chi connectivity index (χ1v) is 11.9. The van der Waals surface area contributed by atoms with E-state index in [1.54, 1.807) is 6.07 Å². The Morgan fingerprint density at radius 1 is 1.26 bits per heavy atom. The minimum Gasteiger partial charge on any atom is -0.375 e. The third kappa shape index (κ3) is 4.47. The van der Waals surface area contributed by atoms with Gasteiger partial charge < -0.3 is 15.0 Å². The van der Waals surface area contributed by atoms with Crippen molar-refractivity contribution in [2.45, 2.75) is 49.3 Å². The SMILES string of the molecule is CCN(CC)S(=O)(=O)c1ccc(CCNC(=O)N2CCC3(CCO3)CC2)s1. The van der Waals surface area contributed by atoms with Crippen LogP contribution in [0.5, 0.6) is 0 Å². The lowest BCUT2D eigenvalue weighted by Crippen LogP contribution is -2.55. The van der Waals surface area contributed by atoms with E-state index in [1.165, 1.54) is 15.6 Å². The van der Waals surface area contributed by atoms with E-state index in [4.69, 9.17) is 4.74 Å². The molecule has 0 radical (unpaired) electrons. The van der Waals surface area contributed by atoms with Crippen molar-refractivity contribution in [1.82, 2.24) is 14.5 Å². The summed E-state index contributed by atoms with van der Waals surface area (Å²) in [6.45, 7) is 7.42. The second-order valence-corrected chi connectivity index (χ2v) is 10.4. The molecule has 1 spiro atoms. The summed E-state index contributed by atoms with van der Waals surface area (Å²) in [6, 6.07) is 3.46. The van der Waals surface area contributed by atoms with E-state index in [1.807, 2.05) is 24.8 Å². The van der Waals surface area contributed by atoms with Gasteiger partial charge in [-0.2, -0.15) is 4.31 Å². The molecule has 0 atom stereocenters. The number of nitrogens with one attached hydrogen (secondary N) is 1. The fourth-order valence-corrected chi connectivity index (χ4v) is 6.60. The van der Waals surface area contributed by atoms with Crippen LogP contribution in [0.1, 0.15) is 38.0 Å². The van der Waals surface area contributed by atoms with Gasteiger partial charge in [0.2, 0.25) is 0 Å². The number of urea groups is 1. The summed E-state index contributed by atoms with van der Waals surface area (Å²) in [5.41, 5.74) is 0.0422. The minimum atomic E-state index is -3.40. The molecule has 9 heteroatoms. The Morgan fingerprint density at radius 2 is 1.93 bits per heavy atom. The standard InChI is InChI=1S/C18H29N3O4S2/c1-3-21(4-2)27(23,24)16-6-5-15(26-16)7-11-19-17(22)20-12-8-18(9-13-20)10-14-25-18/h5-6H,3-4,7-14H2,1-2H3,(H,19,22). The first-order valence-electron chi connectivity index (χ1n) is 9.66. The van der Waals surface area contributed by atoms with Crippen molar-refractivity contribution in [3.8, 4) is 0 Å². The van der Waals surface area contributed by atoms with Gasteiger partial charge in [-0.1, -0.05) is 13.8 Å². The molecule has 3 heterocycles. The Bertz CT molecular complexity index is 744. The number of rotatable bonds is 7. The topological polar surface area (TPSA) is 79.0 Å². The average molecular weight is 416 g/mol. The number of hydrogen-bond donors (Lipinski definition) is 1. The van der Waals surface area contributed by atoms with Gasteiger partial charge in [0.1, 0.15) is 4.21 Å². The van der Waals surface area contributed by atoms with E-state index in [0.717, 1.165) is 43.8 Å².